The number of unbranched alkanes of at least 4 members (excludes halogenated alkanes) is 4. The minimum atomic E-state index is -0.546. The van der Waals surface area contributed by atoms with Crippen molar-refractivity contribution in [3.63, 3.8) is 0 Å². The zero-order valence-electron chi connectivity index (χ0n) is 25.4. The fraction of sp³-hybridized carbons (Fsp3) is 0.421. The second-order valence-corrected chi connectivity index (χ2v) is 12.8. The first-order chi connectivity index (χ1) is 19.2. The van der Waals surface area contributed by atoms with Gasteiger partial charge < -0.3 is 30.3 Å². The van der Waals surface area contributed by atoms with Crippen molar-refractivity contribution in [3.05, 3.63) is 113 Å². The van der Waals surface area contributed by atoms with Crippen molar-refractivity contribution in [1.82, 2.24) is 0 Å². The Labute approximate surface area is 257 Å². The molecular weight excluding hydrogens is 546 g/mol. The van der Waals surface area contributed by atoms with Crippen molar-refractivity contribution in [2.24, 2.45) is 0 Å². The van der Waals surface area contributed by atoms with Crippen LogP contribution in [-0.4, -0.2) is 0 Å². The molecule has 0 amide bonds. The molecule has 2 heteroatoms. The van der Waals surface area contributed by atoms with Gasteiger partial charge in [0, 0.05) is 16.5 Å². The molecule has 0 spiro atoms. The molecule has 0 aliphatic heterocycles. The van der Waals surface area contributed by atoms with Gasteiger partial charge in [0.05, 0.1) is 0 Å². The Morgan fingerprint density at radius 3 is 1.27 bits per heavy atom. The number of aryl methyl sites for hydroxylation is 2. The van der Waals surface area contributed by atoms with Crippen LogP contribution in [0.2, 0.25) is 0 Å². The second kappa shape index (κ2) is 20.0. The van der Waals surface area contributed by atoms with E-state index >= 15 is 0 Å². The van der Waals surface area contributed by atoms with Crippen molar-refractivity contribution in [1.29, 1.82) is 0 Å². The third kappa shape index (κ3) is 10.2. The molecule has 0 nitrogen and oxygen atoms in total. The summed E-state index contributed by atoms with van der Waals surface area (Å²) in [6, 6.07) is 33.7. The minimum Gasteiger partial charge on any atom is -0.748 e. The first-order valence-electron chi connectivity index (χ1n) is 15.6. The standard InChI is InChI=1S/C33H46P.C5H5.Ni/c1-5-9-17-27-19-15-25-32(30(27)23-11-7-3)34(29-21-13-14-22-29)33-26-16-20-28(18-10-6-2)31(33)24-12-8-4;1-2-4-5-3-1;/h13-16,19-22,25-26H,5-12,17-18,23-24H2,1-4H3;1-5H;/q-1;-5;. The first kappa shape index (κ1) is 34.3. The van der Waals surface area contributed by atoms with Crippen LogP contribution in [0.15, 0.2) is 91.0 Å². The molecule has 4 aromatic carbocycles. The quantitative estimate of drug-likeness (QED) is 0.0727. The summed E-state index contributed by atoms with van der Waals surface area (Å²) in [4.78, 5) is 0. The summed E-state index contributed by atoms with van der Waals surface area (Å²) in [6.07, 6.45) is 15.0. The maximum atomic E-state index is 2.47. The average Bonchev–Trinajstić information content (AvgIpc) is 3.72. The van der Waals surface area contributed by atoms with Crippen molar-refractivity contribution in [2.75, 3.05) is 0 Å². The largest absolute Gasteiger partial charge is 0.748 e. The van der Waals surface area contributed by atoms with Gasteiger partial charge in [-0.3, -0.25) is 0 Å². The van der Waals surface area contributed by atoms with Crippen LogP contribution in [0.4, 0.5) is 0 Å². The summed E-state index contributed by atoms with van der Waals surface area (Å²) in [5, 5.41) is 4.76. The van der Waals surface area contributed by atoms with Crippen LogP contribution in [0, 0.1) is 0 Å². The maximum absolute atomic E-state index is 2.47. The molecule has 224 valence electrons. The monoisotopic (exact) mass is 596 g/mol. The first-order valence-corrected chi connectivity index (χ1v) is 17.0. The topological polar surface area (TPSA) is 0 Å². The fourth-order valence-electron chi connectivity index (χ4n) is 5.39. The molecule has 0 radical (unpaired) electrons. The van der Waals surface area contributed by atoms with E-state index in [0.717, 1.165) is 0 Å². The summed E-state index contributed by atoms with van der Waals surface area (Å²) in [6.45, 7) is 9.28. The van der Waals surface area contributed by atoms with E-state index in [4.69, 9.17) is 0 Å². The van der Waals surface area contributed by atoms with E-state index in [2.05, 4.69) is 88.4 Å². The minimum absolute atomic E-state index is 0. The molecule has 4 aromatic rings. The normalized spacial score (nSPS) is 10.7. The second-order valence-electron chi connectivity index (χ2n) is 10.7. The van der Waals surface area contributed by atoms with Crippen LogP contribution in [0.25, 0.3) is 0 Å². The van der Waals surface area contributed by atoms with Crippen molar-refractivity contribution in [2.45, 2.75) is 105 Å². The van der Waals surface area contributed by atoms with Gasteiger partial charge in [-0.2, -0.15) is 12.1 Å². The summed E-state index contributed by atoms with van der Waals surface area (Å²) < 4.78 is 0. The maximum Gasteiger partial charge on any atom is 0 e. The molecule has 0 N–H and O–H groups in total. The van der Waals surface area contributed by atoms with Gasteiger partial charge in [0.1, 0.15) is 0 Å². The van der Waals surface area contributed by atoms with E-state index in [1.807, 2.05) is 30.3 Å². The van der Waals surface area contributed by atoms with Gasteiger partial charge in [-0.1, -0.05) is 97.7 Å². The predicted molar refractivity (Wildman–Crippen MR) is 177 cm³/mol. The molecule has 40 heavy (non-hydrogen) atoms. The van der Waals surface area contributed by atoms with E-state index in [0.29, 0.717) is 0 Å². The van der Waals surface area contributed by atoms with Gasteiger partial charge in [-0.15, -0.1) is 5.30 Å². The SMILES string of the molecule is CCCCc1cccc(P(c2cccc(CCCC)c2CCCC)[c-]2cccc2)c1CCCC.[Ni].[cH-]1[cH-][cH-][cH-][cH-]1. The molecule has 0 aliphatic carbocycles. The van der Waals surface area contributed by atoms with Crippen LogP contribution in [0.5, 0.6) is 0 Å². The molecule has 4 rings (SSSR count). The third-order valence-electron chi connectivity index (χ3n) is 7.60. The molecule has 0 unspecified atom stereocenters. The van der Waals surface area contributed by atoms with Crippen molar-refractivity contribution >= 4 is 23.8 Å². The zero-order valence-corrected chi connectivity index (χ0v) is 27.3. The smallest absolute Gasteiger partial charge is 0 e. The van der Waals surface area contributed by atoms with Crippen LogP contribution in [0.1, 0.15) is 101 Å². The number of hydrogen-bond acceptors (Lipinski definition) is 0. The molecular formula is C38H51NiP-6. The summed E-state index contributed by atoms with van der Waals surface area (Å²) >= 11 is 0. The molecule has 0 saturated carbocycles. The summed E-state index contributed by atoms with van der Waals surface area (Å²) in [5.74, 6) is 0. The van der Waals surface area contributed by atoms with Crippen molar-refractivity contribution < 1.29 is 16.5 Å². The Morgan fingerprint density at radius 1 is 0.525 bits per heavy atom. The molecule has 0 aromatic heterocycles. The van der Waals surface area contributed by atoms with E-state index in [9.17, 15) is 0 Å². The predicted octanol–water partition coefficient (Wildman–Crippen LogP) is 9.94. The molecule has 0 bridgehead atoms. The van der Waals surface area contributed by atoms with E-state index < -0.39 is 7.92 Å². The Bertz CT molecular complexity index is 1080. The summed E-state index contributed by atoms with van der Waals surface area (Å²) in [5.41, 5.74) is 6.52. The summed E-state index contributed by atoms with van der Waals surface area (Å²) in [7, 11) is -0.546. The number of benzene rings is 2. The van der Waals surface area contributed by atoms with Crippen LogP contribution in [-0.2, 0) is 42.2 Å². The van der Waals surface area contributed by atoms with Crippen LogP contribution >= 0.6 is 7.92 Å². The Kier molecular flexibility index (Phi) is 17.2. The van der Waals surface area contributed by atoms with Gasteiger partial charge in [0.25, 0.3) is 0 Å². The molecule has 0 atom stereocenters. The molecule has 0 heterocycles. The van der Waals surface area contributed by atoms with Crippen LogP contribution in [0.3, 0.4) is 0 Å². The van der Waals surface area contributed by atoms with Gasteiger partial charge in [-0.05, 0) is 84.2 Å². The van der Waals surface area contributed by atoms with E-state index in [1.165, 1.54) is 82.4 Å². The zero-order chi connectivity index (χ0) is 27.7. The Morgan fingerprint density at radius 2 is 0.900 bits per heavy atom. The fourth-order valence-corrected chi connectivity index (χ4v) is 8.20. The number of hydrogen-bond donors (Lipinski definition) is 0. The average molecular weight is 597 g/mol. The van der Waals surface area contributed by atoms with E-state index in [1.54, 1.807) is 32.9 Å². The van der Waals surface area contributed by atoms with Gasteiger partial charge in [0.15, 0.2) is 0 Å². The Hall–Kier alpha value is -1.94. The molecule has 0 fully saturated rings. The Balaban J connectivity index is 0.000000840. The molecule has 0 saturated heterocycles. The van der Waals surface area contributed by atoms with Crippen molar-refractivity contribution in [3.8, 4) is 0 Å². The van der Waals surface area contributed by atoms with Gasteiger partial charge >= 0.3 is 0 Å². The number of rotatable bonds is 15. The molecule has 0 aliphatic rings. The van der Waals surface area contributed by atoms with Gasteiger partial charge in [0.2, 0.25) is 0 Å². The van der Waals surface area contributed by atoms with E-state index in [-0.39, 0.29) is 16.5 Å². The third-order valence-corrected chi connectivity index (χ3v) is 10.2. The van der Waals surface area contributed by atoms with Crippen LogP contribution < -0.4 is 15.9 Å². The van der Waals surface area contributed by atoms with Gasteiger partial charge in [-0.25, -0.2) is 12.1 Å².